The zero-order chi connectivity index (χ0) is 26.6. The second-order valence-electron chi connectivity index (χ2n) is 10.5. The molecule has 1 aromatic carbocycles. The number of nitrogens with two attached hydrogens (primary N) is 1. The zero-order valence-corrected chi connectivity index (χ0v) is 21.5. The molecule has 2 aliphatic rings. The van der Waals surface area contributed by atoms with Crippen molar-refractivity contribution in [2.75, 3.05) is 32.8 Å². The van der Waals surface area contributed by atoms with Crippen LogP contribution in [0.15, 0.2) is 36.5 Å². The smallest absolute Gasteiger partial charge is 0.273 e. The summed E-state index contributed by atoms with van der Waals surface area (Å²) in [5, 5.41) is 0. The number of alkyl halides is 1. The lowest BCUT2D eigenvalue weighted by atomic mass is 9.96. The predicted molar refractivity (Wildman–Crippen MR) is 139 cm³/mol. The third-order valence-corrected chi connectivity index (χ3v) is 7.02. The van der Waals surface area contributed by atoms with Crippen LogP contribution < -0.4 is 10.5 Å². The van der Waals surface area contributed by atoms with E-state index in [9.17, 15) is 14.0 Å². The lowest BCUT2D eigenvalue weighted by molar-refractivity contribution is -0.121. The number of hydrogen-bond donors (Lipinski definition) is 1. The number of piperidine rings is 1. The van der Waals surface area contributed by atoms with E-state index >= 15 is 0 Å². The molecule has 2 saturated heterocycles. The van der Waals surface area contributed by atoms with Gasteiger partial charge in [0.25, 0.3) is 5.91 Å². The minimum atomic E-state index is -1.19. The Morgan fingerprint density at radius 2 is 1.89 bits per heavy atom. The third-order valence-electron chi connectivity index (χ3n) is 7.02. The molecule has 2 N–H and O–H groups in total. The summed E-state index contributed by atoms with van der Waals surface area (Å²) in [5.74, 6) is 0.106. The SMILES string of the molecule is [C-]#[N+]c1cc(-c2ccc(C(=O)N3CCC[C@H]3C(N)=O)nc2)ccc1OCC1CCN(CC(C)(C)F)CC1. The quantitative estimate of drug-likeness (QED) is 0.540. The van der Waals surface area contributed by atoms with Gasteiger partial charge in [-0.3, -0.25) is 14.6 Å². The van der Waals surface area contributed by atoms with E-state index in [0.29, 0.717) is 43.5 Å². The molecule has 2 amide bonds. The topological polar surface area (TPSA) is 93.1 Å². The van der Waals surface area contributed by atoms with Crippen molar-refractivity contribution >= 4 is 17.5 Å². The van der Waals surface area contributed by atoms with Crippen LogP contribution in [-0.2, 0) is 4.79 Å². The lowest BCUT2D eigenvalue weighted by Crippen LogP contribution is -2.43. The van der Waals surface area contributed by atoms with Crippen molar-refractivity contribution in [3.8, 4) is 16.9 Å². The first-order valence-corrected chi connectivity index (χ1v) is 12.8. The van der Waals surface area contributed by atoms with Gasteiger partial charge in [-0.05, 0) is 87.9 Å². The van der Waals surface area contributed by atoms with Gasteiger partial charge >= 0.3 is 0 Å². The molecule has 2 aliphatic heterocycles. The number of amides is 2. The molecule has 0 aliphatic carbocycles. The molecular formula is C28H34FN5O3. The number of pyridine rings is 1. The van der Waals surface area contributed by atoms with Crippen molar-refractivity contribution in [1.29, 1.82) is 0 Å². The molecule has 8 nitrogen and oxygen atoms in total. The first kappa shape index (κ1) is 26.6. The Labute approximate surface area is 217 Å². The summed E-state index contributed by atoms with van der Waals surface area (Å²) < 4.78 is 19.9. The summed E-state index contributed by atoms with van der Waals surface area (Å²) in [7, 11) is 0. The number of halogens is 1. The van der Waals surface area contributed by atoms with E-state index in [-0.39, 0.29) is 11.6 Å². The standard InChI is InChI=1S/C28H34FN5O3/c1-28(2,29)18-33-13-10-19(11-14-33)17-37-25-9-7-20(15-23(25)31-3)21-6-8-22(32-16-21)27(36)34-12-4-5-24(34)26(30)35/h6-9,15-16,19,24H,4-5,10-14,17-18H2,1-2H3,(H2,30,35)/t24-/m0/s1. The fraction of sp³-hybridized carbons (Fsp3) is 0.500. The summed E-state index contributed by atoms with van der Waals surface area (Å²) in [4.78, 5) is 36.1. The van der Waals surface area contributed by atoms with Gasteiger partial charge in [0.15, 0.2) is 0 Å². The molecule has 37 heavy (non-hydrogen) atoms. The maximum atomic E-state index is 13.9. The van der Waals surface area contributed by atoms with Crippen molar-refractivity contribution in [3.05, 3.63) is 53.6 Å². The molecule has 4 rings (SSSR count). The van der Waals surface area contributed by atoms with Crippen LogP contribution in [-0.4, -0.2) is 71.1 Å². The van der Waals surface area contributed by atoms with E-state index in [1.165, 1.54) is 4.90 Å². The Hall–Kier alpha value is -3.51. The Morgan fingerprint density at radius 1 is 1.16 bits per heavy atom. The maximum absolute atomic E-state index is 13.9. The van der Waals surface area contributed by atoms with Gasteiger partial charge in [0.05, 0.1) is 13.2 Å². The predicted octanol–water partition coefficient (Wildman–Crippen LogP) is 4.23. The van der Waals surface area contributed by atoms with E-state index in [1.54, 1.807) is 44.3 Å². The number of hydrogen-bond acceptors (Lipinski definition) is 5. The molecule has 0 bridgehead atoms. The number of rotatable bonds is 8. The number of benzene rings is 1. The third kappa shape index (κ3) is 6.63. The Morgan fingerprint density at radius 3 is 2.51 bits per heavy atom. The van der Waals surface area contributed by atoms with Crippen molar-refractivity contribution in [2.24, 2.45) is 11.7 Å². The molecule has 196 valence electrons. The van der Waals surface area contributed by atoms with Gasteiger partial charge in [0.1, 0.15) is 23.2 Å². The average molecular weight is 508 g/mol. The second kappa shape index (κ2) is 11.3. The lowest BCUT2D eigenvalue weighted by Gasteiger charge is -2.34. The number of primary amides is 1. The van der Waals surface area contributed by atoms with Crippen molar-refractivity contribution in [3.63, 3.8) is 0 Å². The Balaban J connectivity index is 1.36. The molecule has 2 fully saturated rings. The normalized spacial score (nSPS) is 19.0. The van der Waals surface area contributed by atoms with E-state index < -0.39 is 17.6 Å². The molecule has 3 heterocycles. The first-order chi connectivity index (χ1) is 17.6. The molecule has 9 heteroatoms. The number of aromatic nitrogens is 1. The van der Waals surface area contributed by atoms with Crippen LogP contribution in [0.4, 0.5) is 10.1 Å². The molecule has 1 aromatic heterocycles. The Kier molecular flexibility index (Phi) is 8.08. The monoisotopic (exact) mass is 507 g/mol. The fourth-order valence-corrected chi connectivity index (χ4v) is 5.10. The van der Waals surface area contributed by atoms with Gasteiger partial charge in [-0.1, -0.05) is 12.1 Å². The molecule has 0 saturated carbocycles. The van der Waals surface area contributed by atoms with Gasteiger partial charge in [0, 0.05) is 19.3 Å². The number of ether oxygens (including phenoxy) is 1. The van der Waals surface area contributed by atoms with E-state index in [2.05, 4.69) is 14.7 Å². The highest BCUT2D eigenvalue weighted by Crippen LogP contribution is 2.34. The van der Waals surface area contributed by atoms with Gasteiger partial charge in [-0.2, -0.15) is 0 Å². The maximum Gasteiger partial charge on any atom is 0.273 e. The highest BCUT2D eigenvalue weighted by atomic mass is 19.1. The highest BCUT2D eigenvalue weighted by Gasteiger charge is 2.33. The summed E-state index contributed by atoms with van der Waals surface area (Å²) in [6.45, 7) is 14.0. The summed E-state index contributed by atoms with van der Waals surface area (Å²) in [6.07, 6.45) is 4.79. The van der Waals surface area contributed by atoms with Crippen LogP contribution in [0.2, 0.25) is 0 Å². The summed E-state index contributed by atoms with van der Waals surface area (Å²) in [6, 6.07) is 8.26. The van der Waals surface area contributed by atoms with E-state index in [1.807, 2.05) is 6.07 Å². The average Bonchev–Trinajstić information content (AvgIpc) is 3.37. The number of likely N-dealkylation sites (tertiary alicyclic amines) is 2. The molecule has 0 spiro atoms. The minimum Gasteiger partial charge on any atom is -0.504 e. The van der Waals surface area contributed by atoms with Gasteiger partial charge in [-0.25, -0.2) is 9.24 Å². The molecule has 1 atom stereocenters. The number of carbonyl (C=O) groups is 2. The van der Waals surface area contributed by atoms with Crippen LogP contribution >= 0.6 is 0 Å². The number of nitrogens with zero attached hydrogens (tertiary/aromatic N) is 4. The van der Waals surface area contributed by atoms with Crippen molar-refractivity contribution in [2.45, 2.75) is 51.2 Å². The van der Waals surface area contributed by atoms with Crippen LogP contribution in [0.25, 0.3) is 16.0 Å². The van der Waals surface area contributed by atoms with Crippen molar-refractivity contribution < 1.29 is 18.7 Å². The number of carbonyl (C=O) groups excluding carboxylic acids is 2. The van der Waals surface area contributed by atoms with Crippen LogP contribution in [0.3, 0.4) is 0 Å². The molecule has 0 unspecified atom stereocenters. The Bertz CT molecular complexity index is 1160. The highest BCUT2D eigenvalue weighted by molar-refractivity contribution is 5.96. The van der Waals surface area contributed by atoms with E-state index in [0.717, 1.165) is 43.5 Å². The van der Waals surface area contributed by atoms with Crippen molar-refractivity contribution in [1.82, 2.24) is 14.8 Å². The fourth-order valence-electron chi connectivity index (χ4n) is 5.10. The first-order valence-electron chi connectivity index (χ1n) is 12.8. The van der Waals surface area contributed by atoms with Crippen LogP contribution in [0.5, 0.6) is 5.75 Å². The molecule has 0 radical (unpaired) electrons. The largest absolute Gasteiger partial charge is 0.504 e. The van der Waals surface area contributed by atoms with Gasteiger partial charge < -0.3 is 20.3 Å². The summed E-state index contributed by atoms with van der Waals surface area (Å²) in [5.41, 5.74) is 6.47. The molecule has 2 aromatic rings. The van der Waals surface area contributed by atoms with E-state index in [4.69, 9.17) is 17.0 Å². The summed E-state index contributed by atoms with van der Waals surface area (Å²) >= 11 is 0. The minimum absolute atomic E-state index is 0.253. The van der Waals surface area contributed by atoms with Gasteiger partial charge in [-0.15, -0.1) is 0 Å². The second-order valence-corrected chi connectivity index (χ2v) is 10.5. The van der Waals surface area contributed by atoms with Crippen LogP contribution in [0.1, 0.15) is 50.0 Å². The molecular weight excluding hydrogens is 473 g/mol. The van der Waals surface area contributed by atoms with Gasteiger partial charge in [0.2, 0.25) is 11.6 Å². The van der Waals surface area contributed by atoms with Crippen LogP contribution in [0, 0.1) is 12.5 Å². The zero-order valence-electron chi connectivity index (χ0n) is 21.5.